The molecule has 0 saturated carbocycles. The first-order valence-corrected chi connectivity index (χ1v) is 5.61. The van der Waals surface area contributed by atoms with E-state index in [4.69, 9.17) is 5.73 Å². The standard InChI is InChI=1S/C11H20N4O2/c1-6(5-7(2)16)13-11(17)10-9(12)8(3)14-15(10)4/h6-7,16H,5,12H2,1-4H3,(H,13,17). The van der Waals surface area contributed by atoms with E-state index in [1.807, 2.05) is 6.92 Å². The quantitative estimate of drug-likeness (QED) is 0.701. The highest BCUT2D eigenvalue weighted by Crippen LogP contribution is 2.15. The summed E-state index contributed by atoms with van der Waals surface area (Å²) in [5, 5.41) is 16.1. The van der Waals surface area contributed by atoms with Crippen LogP contribution >= 0.6 is 0 Å². The molecule has 96 valence electrons. The molecular weight excluding hydrogens is 220 g/mol. The normalized spacial score (nSPS) is 14.4. The van der Waals surface area contributed by atoms with E-state index >= 15 is 0 Å². The van der Waals surface area contributed by atoms with Crippen LogP contribution in [0.1, 0.15) is 36.5 Å². The van der Waals surface area contributed by atoms with Crippen molar-refractivity contribution in [2.24, 2.45) is 7.05 Å². The lowest BCUT2D eigenvalue weighted by molar-refractivity contribution is 0.0914. The molecule has 4 N–H and O–H groups in total. The molecule has 0 aromatic carbocycles. The Morgan fingerprint density at radius 1 is 1.59 bits per heavy atom. The number of aliphatic hydroxyl groups is 1. The minimum Gasteiger partial charge on any atom is -0.395 e. The third-order valence-corrected chi connectivity index (χ3v) is 2.56. The Hall–Kier alpha value is -1.56. The number of hydrogen-bond donors (Lipinski definition) is 3. The Balaban J connectivity index is 2.76. The van der Waals surface area contributed by atoms with Crippen LogP contribution < -0.4 is 11.1 Å². The zero-order chi connectivity index (χ0) is 13.2. The van der Waals surface area contributed by atoms with Crippen molar-refractivity contribution in [3.63, 3.8) is 0 Å². The maximum absolute atomic E-state index is 12.0. The smallest absolute Gasteiger partial charge is 0.271 e. The number of nitrogens with one attached hydrogen (secondary N) is 1. The highest BCUT2D eigenvalue weighted by Gasteiger charge is 2.19. The van der Waals surface area contributed by atoms with Crippen molar-refractivity contribution in [1.29, 1.82) is 0 Å². The second-order valence-electron chi connectivity index (χ2n) is 4.43. The molecule has 0 fully saturated rings. The van der Waals surface area contributed by atoms with Crippen molar-refractivity contribution < 1.29 is 9.90 Å². The molecule has 0 radical (unpaired) electrons. The number of carbonyl (C=O) groups is 1. The highest BCUT2D eigenvalue weighted by molar-refractivity contribution is 5.98. The molecule has 1 heterocycles. The maximum atomic E-state index is 12.0. The molecule has 2 unspecified atom stereocenters. The Morgan fingerprint density at radius 2 is 2.18 bits per heavy atom. The van der Waals surface area contributed by atoms with Gasteiger partial charge in [0, 0.05) is 13.1 Å². The molecule has 0 aliphatic carbocycles. The fraction of sp³-hybridized carbons (Fsp3) is 0.636. The second kappa shape index (κ2) is 5.18. The van der Waals surface area contributed by atoms with Gasteiger partial charge in [-0.2, -0.15) is 5.10 Å². The summed E-state index contributed by atoms with van der Waals surface area (Å²) in [7, 11) is 1.68. The average molecular weight is 240 g/mol. The largest absolute Gasteiger partial charge is 0.395 e. The first-order valence-electron chi connectivity index (χ1n) is 5.61. The number of rotatable bonds is 4. The molecule has 6 heteroatoms. The molecule has 0 spiro atoms. The summed E-state index contributed by atoms with van der Waals surface area (Å²) in [6, 6.07) is -0.114. The van der Waals surface area contributed by atoms with Gasteiger partial charge >= 0.3 is 0 Å². The van der Waals surface area contributed by atoms with Gasteiger partial charge in [-0.05, 0) is 27.2 Å². The van der Waals surface area contributed by atoms with Crippen molar-refractivity contribution in [2.75, 3.05) is 5.73 Å². The number of amides is 1. The van der Waals surface area contributed by atoms with Gasteiger partial charge in [-0.1, -0.05) is 0 Å². The minimum absolute atomic E-state index is 0.114. The molecule has 6 nitrogen and oxygen atoms in total. The third kappa shape index (κ3) is 3.20. The van der Waals surface area contributed by atoms with Crippen LogP contribution in [0, 0.1) is 6.92 Å². The Bertz CT molecular complexity index is 412. The van der Waals surface area contributed by atoms with E-state index in [0.29, 0.717) is 23.5 Å². The van der Waals surface area contributed by atoms with Gasteiger partial charge in [-0.15, -0.1) is 0 Å². The van der Waals surface area contributed by atoms with Gasteiger partial charge in [-0.3, -0.25) is 9.48 Å². The van der Waals surface area contributed by atoms with Crippen LogP contribution in [0.25, 0.3) is 0 Å². The van der Waals surface area contributed by atoms with E-state index in [1.165, 1.54) is 4.68 Å². The summed E-state index contributed by atoms with van der Waals surface area (Å²) in [6.07, 6.45) is 0.0542. The fourth-order valence-electron chi connectivity index (χ4n) is 1.81. The molecule has 1 rings (SSSR count). The van der Waals surface area contributed by atoms with Crippen LogP contribution in [-0.4, -0.2) is 32.9 Å². The summed E-state index contributed by atoms with van der Waals surface area (Å²) in [6.45, 7) is 5.28. The van der Waals surface area contributed by atoms with E-state index in [2.05, 4.69) is 10.4 Å². The lowest BCUT2D eigenvalue weighted by Crippen LogP contribution is -2.36. The van der Waals surface area contributed by atoms with Crippen LogP contribution in [0.2, 0.25) is 0 Å². The van der Waals surface area contributed by atoms with Gasteiger partial charge < -0.3 is 16.2 Å². The number of nitrogens with two attached hydrogens (primary N) is 1. The fourth-order valence-corrected chi connectivity index (χ4v) is 1.81. The molecule has 1 amide bonds. The summed E-state index contributed by atoms with van der Waals surface area (Å²) >= 11 is 0. The zero-order valence-electron chi connectivity index (χ0n) is 10.7. The van der Waals surface area contributed by atoms with Gasteiger partial charge in [-0.25, -0.2) is 0 Å². The number of hydrogen-bond acceptors (Lipinski definition) is 4. The van der Waals surface area contributed by atoms with Crippen molar-refractivity contribution in [2.45, 2.75) is 39.3 Å². The number of aryl methyl sites for hydroxylation is 2. The van der Waals surface area contributed by atoms with Crippen LogP contribution in [0.4, 0.5) is 5.69 Å². The maximum Gasteiger partial charge on any atom is 0.271 e. The Morgan fingerprint density at radius 3 is 2.59 bits per heavy atom. The van der Waals surface area contributed by atoms with E-state index in [1.54, 1.807) is 20.9 Å². The molecule has 0 saturated heterocycles. The number of aliphatic hydroxyl groups excluding tert-OH is 1. The second-order valence-corrected chi connectivity index (χ2v) is 4.43. The van der Waals surface area contributed by atoms with Gasteiger partial charge in [0.2, 0.25) is 0 Å². The van der Waals surface area contributed by atoms with Gasteiger partial charge in [0.25, 0.3) is 5.91 Å². The summed E-state index contributed by atoms with van der Waals surface area (Å²) in [4.78, 5) is 12.0. The van der Waals surface area contributed by atoms with Crippen molar-refractivity contribution in [3.05, 3.63) is 11.4 Å². The van der Waals surface area contributed by atoms with E-state index in [9.17, 15) is 9.90 Å². The Labute approximate surface area is 101 Å². The lowest BCUT2D eigenvalue weighted by Gasteiger charge is -2.15. The topological polar surface area (TPSA) is 93.2 Å². The molecule has 2 atom stereocenters. The summed E-state index contributed by atoms with van der Waals surface area (Å²) in [5.41, 5.74) is 7.19. The van der Waals surface area contributed by atoms with E-state index in [0.717, 1.165) is 0 Å². The number of nitrogens with zero attached hydrogens (tertiary/aromatic N) is 2. The van der Waals surface area contributed by atoms with E-state index < -0.39 is 6.10 Å². The monoisotopic (exact) mass is 240 g/mol. The van der Waals surface area contributed by atoms with Crippen molar-refractivity contribution in [3.8, 4) is 0 Å². The van der Waals surface area contributed by atoms with E-state index in [-0.39, 0.29) is 11.9 Å². The van der Waals surface area contributed by atoms with Crippen molar-refractivity contribution in [1.82, 2.24) is 15.1 Å². The van der Waals surface area contributed by atoms with Gasteiger partial charge in [0.15, 0.2) is 0 Å². The third-order valence-electron chi connectivity index (χ3n) is 2.56. The molecule has 0 aliphatic rings. The number of nitrogen functional groups attached to an aromatic ring is 1. The van der Waals surface area contributed by atoms with Gasteiger partial charge in [0.1, 0.15) is 5.69 Å². The predicted octanol–water partition coefficient (Wildman–Crippen LogP) is 0.200. The summed E-state index contributed by atoms with van der Waals surface area (Å²) < 4.78 is 1.47. The molecule has 1 aromatic rings. The SMILES string of the molecule is Cc1nn(C)c(C(=O)NC(C)CC(C)O)c1N. The lowest BCUT2D eigenvalue weighted by atomic mass is 10.1. The number of aromatic nitrogens is 2. The molecule has 0 aliphatic heterocycles. The highest BCUT2D eigenvalue weighted by atomic mass is 16.3. The van der Waals surface area contributed by atoms with Crippen LogP contribution in [0.3, 0.4) is 0 Å². The van der Waals surface area contributed by atoms with Crippen LogP contribution in [-0.2, 0) is 7.05 Å². The van der Waals surface area contributed by atoms with Gasteiger partial charge in [0.05, 0.1) is 17.5 Å². The average Bonchev–Trinajstić information content (AvgIpc) is 2.39. The summed E-state index contributed by atoms with van der Waals surface area (Å²) in [5.74, 6) is -0.265. The minimum atomic E-state index is -0.448. The molecule has 17 heavy (non-hydrogen) atoms. The van der Waals surface area contributed by atoms with Crippen molar-refractivity contribution >= 4 is 11.6 Å². The molecular formula is C11H20N4O2. The first-order chi connectivity index (χ1) is 7.82. The zero-order valence-corrected chi connectivity index (χ0v) is 10.7. The molecule has 0 bridgehead atoms. The Kier molecular flexibility index (Phi) is 4.11. The first kappa shape index (κ1) is 13.5. The number of anilines is 1. The predicted molar refractivity (Wildman–Crippen MR) is 65.6 cm³/mol. The number of carbonyl (C=O) groups excluding carboxylic acids is 1. The molecule has 1 aromatic heterocycles. The van der Waals surface area contributed by atoms with Crippen LogP contribution in [0.5, 0.6) is 0 Å². The van der Waals surface area contributed by atoms with Crippen LogP contribution in [0.15, 0.2) is 0 Å².